The van der Waals surface area contributed by atoms with Crippen LogP contribution in [0.15, 0.2) is 199 Å². The SMILES string of the molecule is COc1ccc(CCN(C)C(=O)c2csc(CN(Cc3ccc(OCc4ccccc4)cc3)Cc3ccc4c(c3)OCO4)n2)cc1OCc1cccc(CC(NC(=O)c2csc(CN(Cc3ccc(C)cc3)Cc3ccc4c(c3)OCO4)n2)c2ccccc2)c1. The average Bonchev–Trinajstić information content (AvgIpc) is 4.35. The standard InChI is InChI=1S/C73H70N6O9S2/c1-50-17-19-52(20-18-50)38-78(40-56-24-29-65-68(36-56)87-48-85-65)42-70-74-62(46-89-70)72(80)76-61(59-15-8-5-9-16-59)34-55-13-10-14-58(33-55)45-84-67-35-51(23-28-64(67)82-3)31-32-77(2)73(81)63-47-90-71(75-63)43-79(41-57-25-30-66-69(37-57)88-49-86-66)39-53-21-26-60(27-22-53)83-44-54-11-6-4-7-12-54/h4-30,33,35-37,46-47,61H,31-32,34,38-45,48-49H2,1-3H3,(H,76,80). The van der Waals surface area contributed by atoms with Gasteiger partial charge in [0.25, 0.3) is 11.8 Å². The molecular formula is C73H70N6O9S2. The van der Waals surface area contributed by atoms with Gasteiger partial charge in [0.15, 0.2) is 34.5 Å². The zero-order valence-corrected chi connectivity index (χ0v) is 52.2. The second-order valence-electron chi connectivity index (χ2n) is 22.5. The van der Waals surface area contributed by atoms with Crippen molar-refractivity contribution in [3.63, 3.8) is 0 Å². The average molecular weight is 1240 g/mol. The lowest BCUT2D eigenvalue weighted by atomic mass is 9.97. The van der Waals surface area contributed by atoms with Crippen molar-refractivity contribution in [1.29, 1.82) is 0 Å². The van der Waals surface area contributed by atoms with Crippen LogP contribution in [0.1, 0.15) is 92.7 Å². The third-order valence-corrected chi connectivity index (χ3v) is 17.4. The van der Waals surface area contributed by atoms with Gasteiger partial charge in [0, 0.05) is 50.5 Å². The second-order valence-corrected chi connectivity index (χ2v) is 24.4. The van der Waals surface area contributed by atoms with E-state index in [2.05, 4.69) is 94.8 Å². The van der Waals surface area contributed by atoms with E-state index in [9.17, 15) is 9.59 Å². The minimum Gasteiger partial charge on any atom is -0.493 e. The fourth-order valence-electron chi connectivity index (χ4n) is 10.9. The number of fused-ring (bicyclic) bond motifs is 2. The van der Waals surface area contributed by atoms with Crippen molar-refractivity contribution in [2.75, 3.05) is 34.3 Å². The van der Waals surface area contributed by atoms with E-state index in [4.69, 9.17) is 43.1 Å². The molecule has 12 rings (SSSR count). The van der Waals surface area contributed by atoms with Crippen LogP contribution in [-0.2, 0) is 65.3 Å². The molecule has 2 amide bonds. The minimum atomic E-state index is -0.335. The van der Waals surface area contributed by atoms with Crippen LogP contribution in [0.4, 0.5) is 0 Å². The molecule has 2 aliphatic rings. The molecule has 10 aromatic rings. The first kappa shape index (κ1) is 60.8. The predicted molar refractivity (Wildman–Crippen MR) is 348 cm³/mol. The maximum atomic E-state index is 14.2. The first-order chi connectivity index (χ1) is 44.1. The third-order valence-electron chi connectivity index (χ3n) is 15.7. The molecule has 0 spiro atoms. The molecule has 0 aliphatic carbocycles. The van der Waals surface area contributed by atoms with E-state index in [-0.39, 0.29) is 38.0 Å². The number of carbonyl (C=O) groups excluding carboxylic acids is 2. The summed E-state index contributed by atoms with van der Waals surface area (Å²) in [6.07, 6.45) is 1.12. The van der Waals surface area contributed by atoms with Gasteiger partial charge in [0.1, 0.15) is 40.4 Å². The number of ether oxygens (including phenoxy) is 7. The molecule has 90 heavy (non-hydrogen) atoms. The number of aromatic nitrogens is 2. The largest absolute Gasteiger partial charge is 0.493 e. The van der Waals surface area contributed by atoms with Gasteiger partial charge in [0.2, 0.25) is 13.6 Å². The van der Waals surface area contributed by atoms with Crippen molar-refractivity contribution in [2.45, 2.75) is 78.3 Å². The molecule has 15 nitrogen and oxygen atoms in total. The predicted octanol–water partition coefficient (Wildman–Crippen LogP) is 14.0. The van der Waals surface area contributed by atoms with E-state index in [0.717, 1.165) is 83.3 Å². The lowest BCUT2D eigenvalue weighted by molar-refractivity contribution is 0.0790. The van der Waals surface area contributed by atoms with Gasteiger partial charge in [-0.15, -0.1) is 22.7 Å². The van der Waals surface area contributed by atoms with Crippen molar-refractivity contribution in [2.24, 2.45) is 0 Å². The van der Waals surface area contributed by atoms with Gasteiger partial charge in [-0.1, -0.05) is 145 Å². The van der Waals surface area contributed by atoms with Crippen LogP contribution in [0.25, 0.3) is 0 Å². The quantitative estimate of drug-likeness (QED) is 0.0497. The number of rotatable bonds is 28. The number of hydrogen-bond donors (Lipinski definition) is 1. The Morgan fingerprint density at radius 3 is 1.72 bits per heavy atom. The molecule has 0 bridgehead atoms. The maximum absolute atomic E-state index is 14.2. The number of aryl methyl sites for hydroxylation is 1. The van der Waals surface area contributed by atoms with Gasteiger partial charge in [-0.3, -0.25) is 19.4 Å². The molecule has 0 radical (unpaired) electrons. The second kappa shape index (κ2) is 29.2. The van der Waals surface area contributed by atoms with Crippen molar-refractivity contribution in [3.05, 3.63) is 276 Å². The monoisotopic (exact) mass is 1240 g/mol. The topological polar surface area (TPSA) is 146 Å². The van der Waals surface area contributed by atoms with Crippen LogP contribution in [0, 0.1) is 6.92 Å². The lowest BCUT2D eigenvalue weighted by Gasteiger charge is -2.22. The van der Waals surface area contributed by atoms with Crippen LogP contribution in [0.2, 0.25) is 0 Å². The van der Waals surface area contributed by atoms with Crippen molar-refractivity contribution >= 4 is 34.5 Å². The summed E-state index contributed by atoms with van der Waals surface area (Å²) in [5.74, 6) is 4.60. The molecule has 8 aromatic carbocycles. The Balaban J connectivity index is 0.654. The van der Waals surface area contributed by atoms with Crippen LogP contribution in [-0.4, -0.2) is 70.8 Å². The van der Waals surface area contributed by atoms with Crippen LogP contribution in [0.3, 0.4) is 0 Å². The van der Waals surface area contributed by atoms with Crippen LogP contribution in [0.5, 0.6) is 40.2 Å². The Kier molecular flexibility index (Phi) is 19.7. The molecule has 1 atom stereocenters. The van der Waals surface area contributed by atoms with Gasteiger partial charge in [-0.05, 0) is 118 Å². The van der Waals surface area contributed by atoms with Crippen molar-refractivity contribution < 1.29 is 42.7 Å². The van der Waals surface area contributed by atoms with Gasteiger partial charge >= 0.3 is 0 Å². The fourth-order valence-corrected chi connectivity index (χ4v) is 12.5. The molecule has 0 saturated carbocycles. The number of nitrogens with one attached hydrogen (secondary N) is 1. The van der Waals surface area contributed by atoms with E-state index in [0.29, 0.717) is 88.1 Å². The summed E-state index contributed by atoms with van der Waals surface area (Å²) in [6.45, 7) is 7.47. The van der Waals surface area contributed by atoms with E-state index in [1.165, 1.54) is 33.8 Å². The molecule has 0 fully saturated rings. The number of amides is 2. The van der Waals surface area contributed by atoms with Crippen LogP contribution < -0.4 is 38.5 Å². The molecule has 17 heteroatoms. The number of likely N-dealkylation sites (N-methyl/N-ethyl adjacent to an activating group) is 1. The molecule has 1 unspecified atom stereocenters. The van der Waals surface area contributed by atoms with Crippen molar-refractivity contribution in [3.8, 4) is 40.2 Å². The Hall–Kier alpha value is -9.52. The summed E-state index contributed by atoms with van der Waals surface area (Å²) in [7, 11) is 3.44. The van der Waals surface area contributed by atoms with E-state index >= 15 is 0 Å². The van der Waals surface area contributed by atoms with Crippen molar-refractivity contribution in [1.82, 2.24) is 30.0 Å². The number of hydrogen-bond acceptors (Lipinski definition) is 15. The highest BCUT2D eigenvalue weighted by atomic mass is 32.1. The maximum Gasteiger partial charge on any atom is 0.273 e. The normalized spacial score (nSPS) is 12.5. The Morgan fingerprint density at radius 1 is 0.522 bits per heavy atom. The first-order valence-electron chi connectivity index (χ1n) is 30.0. The number of thiazole rings is 2. The summed E-state index contributed by atoms with van der Waals surface area (Å²) < 4.78 is 40.9. The van der Waals surface area contributed by atoms with Gasteiger partial charge in [-0.25, -0.2) is 9.97 Å². The Morgan fingerprint density at radius 2 is 1.07 bits per heavy atom. The Bertz CT molecular complexity index is 4030. The molecule has 4 heterocycles. The van der Waals surface area contributed by atoms with Gasteiger partial charge in [0.05, 0.1) is 26.2 Å². The highest BCUT2D eigenvalue weighted by molar-refractivity contribution is 7.10. The molecule has 2 aliphatic heterocycles. The van der Waals surface area contributed by atoms with Crippen LogP contribution >= 0.6 is 22.7 Å². The number of methoxy groups -OCH3 is 1. The summed E-state index contributed by atoms with van der Waals surface area (Å²) in [6, 6.07) is 62.8. The summed E-state index contributed by atoms with van der Waals surface area (Å²) in [5.41, 5.74) is 11.6. The first-order valence-corrected chi connectivity index (χ1v) is 31.7. The fraction of sp³-hybridized carbons (Fsp3) is 0.233. The highest BCUT2D eigenvalue weighted by Crippen LogP contribution is 2.36. The molecular weight excluding hydrogens is 1170 g/mol. The smallest absolute Gasteiger partial charge is 0.273 e. The summed E-state index contributed by atoms with van der Waals surface area (Å²) >= 11 is 2.97. The van der Waals surface area contributed by atoms with E-state index in [1.54, 1.807) is 12.0 Å². The van der Waals surface area contributed by atoms with E-state index < -0.39 is 0 Å². The molecule has 458 valence electrons. The van der Waals surface area contributed by atoms with Gasteiger partial charge < -0.3 is 43.4 Å². The number of benzene rings is 8. The zero-order valence-electron chi connectivity index (χ0n) is 50.5. The number of carbonyl (C=O) groups is 2. The third kappa shape index (κ3) is 16.2. The summed E-state index contributed by atoms with van der Waals surface area (Å²) in [5, 5.41) is 8.71. The summed E-state index contributed by atoms with van der Waals surface area (Å²) in [4.78, 5) is 44.2. The van der Waals surface area contributed by atoms with Gasteiger partial charge in [-0.2, -0.15) is 0 Å². The molecule has 1 N–H and O–H groups in total. The molecule has 0 saturated heterocycles. The minimum absolute atomic E-state index is 0.149. The number of nitrogens with zero attached hydrogens (tertiary/aromatic N) is 5. The highest BCUT2D eigenvalue weighted by Gasteiger charge is 2.23. The molecule has 2 aromatic heterocycles. The zero-order chi connectivity index (χ0) is 61.6. The van der Waals surface area contributed by atoms with E-state index in [1.807, 2.05) is 133 Å². The Labute approximate surface area is 533 Å². The lowest BCUT2D eigenvalue weighted by Crippen LogP contribution is -2.30.